The van der Waals surface area contributed by atoms with Gasteiger partial charge in [0.15, 0.2) is 8.32 Å². The van der Waals surface area contributed by atoms with Crippen LogP contribution < -0.4 is 0 Å². The van der Waals surface area contributed by atoms with Crippen LogP contribution in [-0.4, -0.2) is 39.9 Å². The van der Waals surface area contributed by atoms with Crippen molar-refractivity contribution in [1.29, 1.82) is 0 Å². The molecule has 0 aromatic carbocycles. The van der Waals surface area contributed by atoms with E-state index in [1.165, 1.54) is 0 Å². The molecule has 0 spiro atoms. The number of hydrogen-bond acceptors (Lipinski definition) is 3. The van der Waals surface area contributed by atoms with E-state index in [0.29, 0.717) is 6.61 Å². The molecule has 0 bridgehead atoms. The van der Waals surface area contributed by atoms with Gasteiger partial charge in [0.25, 0.3) is 0 Å². The first-order chi connectivity index (χ1) is 7.69. The Bertz CT molecular complexity index is 233. The Morgan fingerprint density at radius 3 is 2.18 bits per heavy atom. The van der Waals surface area contributed by atoms with E-state index in [1.807, 2.05) is 0 Å². The second kappa shape index (κ2) is 6.68. The van der Waals surface area contributed by atoms with Crippen molar-refractivity contribution in [2.75, 3.05) is 20.3 Å². The molecule has 0 heterocycles. The van der Waals surface area contributed by atoms with E-state index in [-0.39, 0.29) is 23.7 Å². The molecular formula is C13H28O3Si. The smallest absolute Gasteiger partial charge is 0.192 e. The molecule has 0 aliphatic heterocycles. The summed E-state index contributed by atoms with van der Waals surface area (Å²) in [5, 5.41) is 9.41. The van der Waals surface area contributed by atoms with Crippen LogP contribution in [0.1, 0.15) is 20.8 Å². The van der Waals surface area contributed by atoms with E-state index in [0.717, 1.165) is 0 Å². The zero-order valence-corrected chi connectivity index (χ0v) is 13.1. The Balaban J connectivity index is 4.47. The molecule has 0 aromatic heterocycles. The van der Waals surface area contributed by atoms with E-state index < -0.39 is 8.32 Å². The van der Waals surface area contributed by atoms with Crippen molar-refractivity contribution >= 4 is 8.32 Å². The van der Waals surface area contributed by atoms with Gasteiger partial charge in [0, 0.05) is 13.0 Å². The fourth-order valence-corrected chi connectivity index (χ4v) is 2.23. The maximum Gasteiger partial charge on any atom is 0.192 e. The summed E-state index contributed by atoms with van der Waals surface area (Å²) in [6.07, 6.45) is 1.61. The third-order valence-corrected chi connectivity index (χ3v) is 8.21. The van der Waals surface area contributed by atoms with Gasteiger partial charge in [0.05, 0.1) is 19.3 Å². The van der Waals surface area contributed by atoms with Crippen LogP contribution in [0.4, 0.5) is 0 Å². The van der Waals surface area contributed by atoms with Crippen molar-refractivity contribution in [3.05, 3.63) is 12.7 Å². The molecule has 0 fully saturated rings. The van der Waals surface area contributed by atoms with Gasteiger partial charge in [-0.1, -0.05) is 26.8 Å². The molecule has 0 unspecified atom stereocenters. The fraction of sp³-hybridized carbons (Fsp3) is 0.846. The molecule has 0 amide bonds. The van der Waals surface area contributed by atoms with Crippen LogP contribution in [0.5, 0.6) is 0 Å². The van der Waals surface area contributed by atoms with Gasteiger partial charge in [-0.25, -0.2) is 0 Å². The quantitative estimate of drug-likeness (QED) is 0.565. The van der Waals surface area contributed by atoms with E-state index >= 15 is 0 Å². The Morgan fingerprint density at radius 2 is 1.88 bits per heavy atom. The minimum atomic E-state index is -1.75. The number of aliphatic hydroxyl groups excluding tert-OH is 1. The molecule has 1 N–H and O–H groups in total. The monoisotopic (exact) mass is 260 g/mol. The first-order valence-corrected chi connectivity index (χ1v) is 9.00. The maximum atomic E-state index is 9.22. The van der Waals surface area contributed by atoms with E-state index in [1.54, 1.807) is 13.2 Å². The molecule has 4 heteroatoms. The van der Waals surface area contributed by atoms with Crippen LogP contribution in [0.2, 0.25) is 18.1 Å². The Labute approximate surface area is 107 Å². The van der Waals surface area contributed by atoms with Crippen LogP contribution in [-0.2, 0) is 9.16 Å². The van der Waals surface area contributed by atoms with Gasteiger partial charge >= 0.3 is 0 Å². The highest BCUT2D eigenvalue weighted by atomic mass is 28.4. The molecule has 0 rings (SSSR count). The van der Waals surface area contributed by atoms with Gasteiger partial charge in [0.2, 0.25) is 0 Å². The maximum absolute atomic E-state index is 9.22. The Hall–Kier alpha value is -0.163. The van der Waals surface area contributed by atoms with Crippen molar-refractivity contribution in [1.82, 2.24) is 0 Å². The van der Waals surface area contributed by atoms with Crippen LogP contribution in [0.25, 0.3) is 0 Å². The average molecular weight is 260 g/mol. The van der Waals surface area contributed by atoms with Gasteiger partial charge in [-0.2, -0.15) is 0 Å². The summed E-state index contributed by atoms with van der Waals surface area (Å²) in [5.74, 6) is -0.0650. The summed E-state index contributed by atoms with van der Waals surface area (Å²) in [4.78, 5) is 0. The van der Waals surface area contributed by atoms with Crippen LogP contribution in [0.15, 0.2) is 12.7 Å². The molecule has 0 aliphatic rings. The normalized spacial score (nSPS) is 16.6. The molecule has 0 aliphatic carbocycles. The van der Waals surface area contributed by atoms with Gasteiger partial charge in [-0.15, -0.1) is 6.58 Å². The van der Waals surface area contributed by atoms with Gasteiger partial charge in [0.1, 0.15) is 0 Å². The average Bonchev–Trinajstić information content (AvgIpc) is 2.22. The predicted molar refractivity (Wildman–Crippen MR) is 74.7 cm³/mol. The van der Waals surface area contributed by atoms with Gasteiger partial charge in [-0.05, 0) is 18.1 Å². The van der Waals surface area contributed by atoms with Crippen LogP contribution in [0, 0.1) is 5.92 Å². The second-order valence-electron chi connectivity index (χ2n) is 5.93. The number of methoxy groups -OCH3 is 1. The lowest BCUT2D eigenvalue weighted by Gasteiger charge is -2.37. The Kier molecular flexibility index (Phi) is 6.62. The van der Waals surface area contributed by atoms with Crippen molar-refractivity contribution in [2.45, 2.75) is 45.0 Å². The molecular weight excluding hydrogens is 232 g/mol. The molecule has 2 atom stereocenters. The molecule has 3 nitrogen and oxygen atoms in total. The molecule has 17 heavy (non-hydrogen) atoms. The standard InChI is InChI=1S/C13H28O3Si/c1-8-11(9-14)12(15-5)10-16-17(6,7)13(2,3)4/h8,11-12,14H,1,9-10H2,2-7H3/t11-,12+/m1/s1. The highest BCUT2D eigenvalue weighted by Gasteiger charge is 2.38. The molecule has 0 aromatic rings. The number of aliphatic hydroxyl groups is 1. The summed E-state index contributed by atoms with van der Waals surface area (Å²) in [6, 6.07) is 0. The summed E-state index contributed by atoms with van der Waals surface area (Å²) < 4.78 is 11.5. The van der Waals surface area contributed by atoms with E-state index in [2.05, 4.69) is 40.4 Å². The zero-order chi connectivity index (χ0) is 13.7. The van der Waals surface area contributed by atoms with Crippen molar-refractivity contribution in [3.8, 4) is 0 Å². The number of hydrogen-bond donors (Lipinski definition) is 1. The minimum absolute atomic E-state index is 0.0445. The second-order valence-corrected chi connectivity index (χ2v) is 10.7. The molecule has 102 valence electrons. The highest BCUT2D eigenvalue weighted by molar-refractivity contribution is 6.74. The Morgan fingerprint density at radius 1 is 1.35 bits per heavy atom. The van der Waals surface area contributed by atoms with Crippen LogP contribution >= 0.6 is 0 Å². The third kappa shape index (κ3) is 4.92. The summed E-state index contributed by atoms with van der Waals surface area (Å²) in [6.45, 7) is 15.3. The summed E-state index contributed by atoms with van der Waals surface area (Å²) >= 11 is 0. The molecule has 0 saturated heterocycles. The predicted octanol–water partition coefficient (Wildman–Crippen LogP) is 2.82. The van der Waals surface area contributed by atoms with Crippen molar-refractivity contribution in [2.24, 2.45) is 5.92 Å². The summed E-state index contributed by atoms with van der Waals surface area (Å²) in [7, 11) is -0.107. The fourth-order valence-electron chi connectivity index (χ4n) is 1.22. The largest absolute Gasteiger partial charge is 0.414 e. The van der Waals surface area contributed by atoms with Gasteiger partial charge < -0.3 is 14.3 Å². The first kappa shape index (κ1) is 16.8. The van der Waals surface area contributed by atoms with E-state index in [4.69, 9.17) is 9.16 Å². The van der Waals surface area contributed by atoms with Crippen molar-refractivity contribution in [3.63, 3.8) is 0 Å². The first-order valence-electron chi connectivity index (χ1n) is 6.09. The number of ether oxygens (including phenoxy) is 1. The minimum Gasteiger partial charge on any atom is -0.414 e. The molecule has 0 radical (unpaired) electrons. The van der Waals surface area contributed by atoms with E-state index in [9.17, 15) is 5.11 Å². The van der Waals surface area contributed by atoms with Gasteiger partial charge in [-0.3, -0.25) is 0 Å². The lowest BCUT2D eigenvalue weighted by molar-refractivity contribution is 0.00876. The molecule has 0 saturated carbocycles. The van der Waals surface area contributed by atoms with Crippen LogP contribution in [0.3, 0.4) is 0 Å². The summed E-state index contributed by atoms with van der Waals surface area (Å²) in [5.41, 5.74) is 0. The lowest BCUT2D eigenvalue weighted by atomic mass is 10.0. The number of rotatable bonds is 7. The topological polar surface area (TPSA) is 38.7 Å². The van der Waals surface area contributed by atoms with Crippen molar-refractivity contribution < 1.29 is 14.3 Å². The lowest BCUT2D eigenvalue weighted by Crippen LogP contribution is -2.44. The third-order valence-electron chi connectivity index (χ3n) is 3.71. The highest BCUT2D eigenvalue weighted by Crippen LogP contribution is 2.36. The SMILES string of the molecule is C=C[C@H](CO)[C@H](CO[Si](C)(C)C(C)(C)C)OC. The zero-order valence-electron chi connectivity index (χ0n) is 12.1.